The van der Waals surface area contributed by atoms with Crippen LogP contribution in [0.3, 0.4) is 0 Å². The molecule has 1 atom stereocenters. The fourth-order valence-electron chi connectivity index (χ4n) is 2.87. The van der Waals surface area contributed by atoms with E-state index in [9.17, 15) is 4.79 Å². The smallest absolute Gasteiger partial charge is 0.287 e. The second kappa shape index (κ2) is 9.05. The molecule has 0 aromatic carbocycles. The van der Waals surface area contributed by atoms with Crippen molar-refractivity contribution >= 4 is 5.91 Å². The first-order chi connectivity index (χ1) is 11.1. The molecule has 2 heterocycles. The zero-order valence-electron chi connectivity index (χ0n) is 14.3. The van der Waals surface area contributed by atoms with E-state index < -0.39 is 0 Å². The summed E-state index contributed by atoms with van der Waals surface area (Å²) in [5, 5.41) is 3.00. The normalized spacial score (nSPS) is 17.4. The molecule has 1 aliphatic rings. The van der Waals surface area contributed by atoms with E-state index in [1.807, 2.05) is 0 Å². The first-order valence-corrected chi connectivity index (χ1v) is 8.27. The Bertz CT molecular complexity index is 481. The van der Waals surface area contributed by atoms with E-state index in [0.717, 1.165) is 32.7 Å². The van der Waals surface area contributed by atoms with Crippen LogP contribution < -0.4 is 5.32 Å². The summed E-state index contributed by atoms with van der Waals surface area (Å²) in [5.74, 6) is 1.40. The number of carbonyl (C=O) groups excluding carboxylic acids is 1. The fraction of sp³-hybridized carbons (Fsp3) is 0.706. The Kier molecular flexibility index (Phi) is 7.08. The molecule has 0 radical (unpaired) electrons. The third-order valence-corrected chi connectivity index (χ3v) is 3.98. The fourth-order valence-corrected chi connectivity index (χ4v) is 2.87. The van der Waals surface area contributed by atoms with Gasteiger partial charge in [-0.2, -0.15) is 0 Å². The lowest BCUT2D eigenvalue weighted by Gasteiger charge is -2.35. The van der Waals surface area contributed by atoms with E-state index in [4.69, 9.17) is 13.9 Å². The van der Waals surface area contributed by atoms with E-state index >= 15 is 0 Å². The Hall–Kier alpha value is -1.37. The quantitative estimate of drug-likeness (QED) is 0.791. The number of ether oxygens (including phenoxy) is 2. The van der Waals surface area contributed by atoms with Crippen molar-refractivity contribution in [1.82, 2.24) is 10.2 Å². The van der Waals surface area contributed by atoms with Gasteiger partial charge in [0.05, 0.1) is 13.2 Å². The van der Waals surface area contributed by atoms with Crippen LogP contribution >= 0.6 is 0 Å². The number of methoxy groups -OCH3 is 1. The average Bonchev–Trinajstić information content (AvgIpc) is 3.01. The molecule has 1 fully saturated rings. The Morgan fingerprint density at radius 2 is 2.09 bits per heavy atom. The molecule has 1 aromatic heterocycles. The second-order valence-electron chi connectivity index (χ2n) is 6.34. The molecule has 0 bridgehead atoms. The molecule has 6 nitrogen and oxygen atoms in total. The van der Waals surface area contributed by atoms with Gasteiger partial charge in [0.15, 0.2) is 5.76 Å². The molecule has 23 heavy (non-hydrogen) atoms. The summed E-state index contributed by atoms with van der Waals surface area (Å²) in [4.78, 5) is 14.7. The molecule has 1 amide bonds. The molecular formula is C17H28N2O4. The van der Waals surface area contributed by atoms with E-state index in [-0.39, 0.29) is 5.91 Å². The molecule has 1 saturated heterocycles. The van der Waals surface area contributed by atoms with Gasteiger partial charge in [-0.3, -0.25) is 9.69 Å². The molecule has 1 N–H and O–H groups in total. The minimum atomic E-state index is -0.172. The Morgan fingerprint density at radius 3 is 2.74 bits per heavy atom. The summed E-state index contributed by atoms with van der Waals surface area (Å²) >= 11 is 0. The molecule has 0 saturated carbocycles. The van der Waals surface area contributed by atoms with Crippen molar-refractivity contribution in [2.24, 2.45) is 5.92 Å². The molecule has 1 unspecified atom stereocenters. The molecule has 0 aliphatic carbocycles. The van der Waals surface area contributed by atoms with Gasteiger partial charge in [-0.1, -0.05) is 13.8 Å². The van der Waals surface area contributed by atoms with Crippen LogP contribution in [-0.4, -0.2) is 56.8 Å². The van der Waals surface area contributed by atoms with Crippen molar-refractivity contribution in [2.75, 3.05) is 40.0 Å². The summed E-state index contributed by atoms with van der Waals surface area (Å²) in [7, 11) is 1.60. The van der Waals surface area contributed by atoms with Crippen molar-refractivity contribution in [3.05, 3.63) is 23.7 Å². The number of morpholine rings is 1. The maximum absolute atomic E-state index is 12.2. The highest BCUT2D eigenvalue weighted by atomic mass is 16.5. The van der Waals surface area contributed by atoms with Crippen LogP contribution in [0.25, 0.3) is 0 Å². The standard InChI is InChI=1S/C17H28N2O4/c1-13(2)10-14(19-6-8-22-9-7-19)11-18-17(20)16-5-4-15(23-16)12-21-3/h4-5,13-14H,6-12H2,1-3H3,(H,18,20). The lowest BCUT2D eigenvalue weighted by molar-refractivity contribution is 0.0124. The zero-order valence-corrected chi connectivity index (χ0v) is 14.3. The summed E-state index contributed by atoms with van der Waals surface area (Å²) in [6, 6.07) is 3.79. The van der Waals surface area contributed by atoms with Gasteiger partial charge in [-0.15, -0.1) is 0 Å². The maximum atomic E-state index is 12.2. The van der Waals surface area contributed by atoms with Crippen molar-refractivity contribution in [1.29, 1.82) is 0 Å². The number of amides is 1. The highest BCUT2D eigenvalue weighted by Crippen LogP contribution is 2.14. The van der Waals surface area contributed by atoms with Crippen LogP contribution in [0.5, 0.6) is 0 Å². The Labute approximate surface area is 138 Å². The third-order valence-electron chi connectivity index (χ3n) is 3.98. The molecular weight excluding hydrogens is 296 g/mol. The minimum absolute atomic E-state index is 0.172. The largest absolute Gasteiger partial charge is 0.453 e. The highest BCUT2D eigenvalue weighted by Gasteiger charge is 2.23. The van der Waals surface area contributed by atoms with Crippen molar-refractivity contribution < 1.29 is 18.7 Å². The van der Waals surface area contributed by atoms with Crippen molar-refractivity contribution in [3.8, 4) is 0 Å². The first kappa shape index (κ1) is 18.0. The Morgan fingerprint density at radius 1 is 1.35 bits per heavy atom. The van der Waals surface area contributed by atoms with E-state index in [1.54, 1.807) is 19.2 Å². The van der Waals surface area contributed by atoms with Gasteiger partial charge < -0.3 is 19.2 Å². The van der Waals surface area contributed by atoms with Crippen LogP contribution in [0.2, 0.25) is 0 Å². The van der Waals surface area contributed by atoms with Gasteiger partial charge in [-0.05, 0) is 24.5 Å². The van der Waals surface area contributed by atoms with Gasteiger partial charge in [0.2, 0.25) is 0 Å². The lowest BCUT2D eigenvalue weighted by Crippen LogP contribution is -2.49. The van der Waals surface area contributed by atoms with Gasteiger partial charge in [-0.25, -0.2) is 0 Å². The number of hydrogen-bond acceptors (Lipinski definition) is 5. The summed E-state index contributed by atoms with van der Waals surface area (Å²) in [6.07, 6.45) is 1.05. The summed E-state index contributed by atoms with van der Waals surface area (Å²) < 4.78 is 15.9. The summed E-state index contributed by atoms with van der Waals surface area (Å²) in [6.45, 7) is 8.78. The number of nitrogens with zero attached hydrogens (tertiary/aromatic N) is 1. The van der Waals surface area contributed by atoms with Crippen molar-refractivity contribution in [2.45, 2.75) is 32.9 Å². The topological polar surface area (TPSA) is 63.9 Å². The molecule has 1 aromatic rings. The predicted molar refractivity (Wildman–Crippen MR) is 87.4 cm³/mol. The van der Waals surface area contributed by atoms with Crippen molar-refractivity contribution in [3.63, 3.8) is 0 Å². The molecule has 130 valence electrons. The Balaban J connectivity index is 1.89. The third kappa shape index (κ3) is 5.64. The van der Waals surface area contributed by atoms with Crippen LogP contribution in [0.1, 0.15) is 36.6 Å². The molecule has 1 aliphatic heterocycles. The molecule has 6 heteroatoms. The number of furan rings is 1. The number of rotatable bonds is 8. The van der Waals surface area contributed by atoms with Gasteiger partial charge >= 0.3 is 0 Å². The van der Waals surface area contributed by atoms with Crippen LogP contribution in [0.15, 0.2) is 16.5 Å². The van der Waals surface area contributed by atoms with E-state index in [1.165, 1.54) is 0 Å². The van der Waals surface area contributed by atoms with Gasteiger partial charge in [0.1, 0.15) is 12.4 Å². The zero-order chi connectivity index (χ0) is 16.7. The van der Waals surface area contributed by atoms with Gasteiger partial charge in [0.25, 0.3) is 5.91 Å². The highest BCUT2D eigenvalue weighted by molar-refractivity contribution is 5.91. The second-order valence-corrected chi connectivity index (χ2v) is 6.34. The SMILES string of the molecule is COCc1ccc(C(=O)NCC(CC(C)C)N2CCOCC2)o1. The van der Waals surface area contributed by atoms with Gasteiger partial charge in [0, 0.05) is 32.8 Å². The number of hydrogen-bond donors (Lipinski definition) is 1. The van der Waals surface area contributed by atoms with E-state index in [0.29, 0.717) is 36.6 Å². The monoisotopic (exact) mass is 324 g/mol. The number of carbonyl (C=O) groups is 1. The minimum Gasteiger partial charge on any atom is -0.453 e. The first-order valence-electron chi connectivity index (χ1n) is 8.27. The lowest BCUT2D eigenvalue weighted by atomic mass is 10.0. The molecule has 0 spiro atoms. The van der Waals surface area contributed by atoms with E-state index in [2.05, 4.69) is 24.1 Å². The summed E-state index contributed by atoms with van der Waals surface area (Å²) in [5.41, 5.74) is 0. The predicted octanol–water partition coefficient (Wildman–Crippen LogP) is 1.90. The maximum Gasteiger partial charge on any atom is 0.287 e. The number of nitrogens with one attached hydrogen (secondary N) is 1. The van der Waals surface area contributed by atoms with Crippen LogP contribution in [-0.2, 0) is 16.1 Å². The molecule has 2 rings (SSSR count). The van der Waals surface area contributed by atoms with Crippen LogP contribution in [0, 0.1) is 5.92 Å². The van der Waals surface area contributed by atoms with Crippen LogP contribution in [0.4, 0.5) is 0 Å². The average molecular weight is 324 g/mol.